The van der Waals surface area contributed by atoms with Crippen LogP contribution in [0, 0.1) is 84.7 Å². The Bertz CT molecular complexity index is 6170. The molecule has 12 heterocycles. The van der Waals surface area contributed by atoms with Gasteiger partial charge in [0.05, 0.1) is 5.76 Å². The van der Waals surface area contributed by atoms with Crippen LogP contribution in [-0.4, -0.2) is 92.3 Å². The maximum atomic E-state index is 13.2. The van der Waals surface area contributed by atoms with Gasteiger partial charge in [-0.25, -0.2) is 4.98 Å². The summed E-state index contributed by atoms with van der Waals surface area (Å²) in [4.78, 5) is 58.7. The van der Waals surface area contributed by atoms with Crippen LogP contribution in [0.25, 0.3) is 96.0 Å². The van der Waals surface area contributed by atoms with Gasteiger partial charge in [0.1, 0.15) is 16.9 Å². The van der Waals surface area contributed by atoms with Crippen LogP contribution < -0.4 is 30.8 Å². The molecular weight excluding hydrogens is 2730 g/mol. The molecule has 0 aliphatic heterocycles. The van der Waals surface area contributed by atoms with Gasteiger partial charge in [0, 0.05) is 187 Å². The van der Waals surface area contributed by atoms with Crippen LogP contribution in [0.15, 0.2) is 277 Å². The van der Waals surface area contributed by atoms with E-state index < -0.39 is 87.6 Å². The Hall–Kier alpha value is -12.6. The molecule has 0 unspecified atom stereocenters. The molecule has 0 saturated heterocycles. The van der Waals surface area contributed by atoms with E-state index in [1.165, 1.54) is 45.5 Å². The Morgan fingerprint density at radius 2 is 0.797 bits per heavy atom. The van der Waals surface area contributed by atoms with E-state index in [0.29, 0.717) is 52.2 Å². The van der Waals surface area contributed by atoms with Gasteiger partial charge in [0.15, 0.2) is 16.8 Å². The summed E-state index contributed by atoms with van der Waals surface area (Å²) in [6.45, 7) is 8.05. The Balaban J connectivity index is 0.000000396. The number of hydrogen-bond donors (Lipinski definition) is 1. The van der Waals surface area contributed by atoms with Crippen LogP contribution in [0.5, 0.6) is 0 Å². The fraction of sp³-hybridized carbons (Fsp3) is 0.129. The summed E-state index contributed by atoms with van der Waals surface area (Å²) >= 11 is 0. The first-order valence-electron chi connectivity index (χ1n) is 38.2. The number of oxazole rings is 1. The molecule has 138 heavy (non-hydrogen) atoms. The van der Waals surface area contributed by atoms with E-state index in [1.54, 1.807) is 152 Å². The largest absolute Gasteiger partial charge is 3.00 e. The summed E-state index contributed by atoms with van der Waals surface area (Å²) in [5.41, 5.74) is 7.68. The first-order chi connectivity index (χ1) is 63.3. The second kappa shape index (κ2) is 59.5. The van der Waals surface area contributed by atoms with Gasteiger partial charge in [-0.3, -0.25) is 54.7 Å². The van der Waals surface area contributed by atoms with E-state index >= 15 is 0 Å². The summed E-state index contributed by atoms with van der Waals surface area (Å²) < 4.78 is 219. The van der Waals surface area contributed by atoms with E-state index in [1.807, 2.05) is 40.1 Å². The van der Waals surface area contributed by atoms with Crippen molar-refractivity contribution in [3.8, 4) is 79.4 Å². The van der Waals surface area contributed by atoms with Crippen molar-refractivity contribution in [2.24, 2.45) is 0 Å². The Kier molecular flexibility index (Phi) is 51.6. The molecular formula is C93H69F17Ir5N18O5-4. The summed E-state index contributed by atoms with van der Waals surface area (Å²) in [6.07, 6.45) is -3.35. The molecule has 0 fully saturated rings. The van der Waals surface area contributed by atoms with Gasteiger partial charge in [-0.15, -0.1) is 66.5 Å². The van der Waals surface area contributed by atoms with Crippen LogP contribution in [0.4, 0.5) is 74.6 Å². The molecule has 45 heteroatoms. The van der Waals surface area contributed by atoms with Crippen molar-refractivity contribution in [2.45, 2.75) is 59.3 Å². The molecule has 0 spiro atoms. The van der Waals surface area contributed by atoms with Crippen molar-refractivity contribution >= 4 is 16.9 Å². The van der Waals surface area contributed by atoms with Gasteiger partial charge in [-0.2, -0.15) is 45.2 Å². The zero-order valence-electron chi connectivity index (χ0n) is 72.0. The van der Waals surface area contributed by atoms with Gasteiger partial charge in [-0.05, 0) is 155 Å². The smallest absolute Gasteiger partial charge is 0.652 e. The van der Waals surface area contributed by atoms with Gasteiger partial charge < -0.3 is 90.5 Å². The minimum absolute atomic E-state index is 0. The molecule has 729 valence electrons. The molecule has 23 nitrogen and oxygen atoms in total. The van der Waals surface area contributed by atoms with Crippen LogP contribution in [0.3, 0.4) is 0 Å². The second-order valence-corrected chi connectivity index (χ2v) is 26.8. The number of benzene rings is 5. The van der Waals surface area contributed by atoms with Gasteiger partial charge >= 0.3 is 58.7 Å². The molecule has 0 aliphatic carbocycles. The number of carbonyl (C=O) groups is 1. The number of ketones is 1. The summed E-state index contributed by atoms with van der Waals surface area (Å²) in [5, 5.41) is 36.8. The first-order valence-corrected chi connectivity index (χ1v) is 38.2. The predicted molar refractivity (Wildman–Crippen MR) is 452 cm³/mol. The summed E-state index contributed by atoms with van der Waals surface area (Å²) in [6, 6.07) is 61.7. The van der Waals surface area contributed by atoms with Crippen molar-refractivity contribution < 1.29 is 194 Å². The summed E-state index contributed by atoms with van der Waals surface area (Å²) in [5.74, 6) is -5.18. The number of alkyl halides is 9. The van der Waals surface area contributed by atoms with Crippen molar-refractivity contribution in [2.75, 3.05) is 21.2 Å². The molecule has 17 rings (SSSR count). The Labute approximate surface area is 844 Å². The molecule has 0 atom stereocenters. The van der Waals surface area contributed by atoms with Gasteiger partial charge in [0.2, 0.25) is 5.89 Å². The third-order valence-corrected chi connectivity index (χ3v) is 15.9. The number of aliphatic hydroxyl groups excluding tert-OH is 1. The number of hydrogen-bond acceptors (Lipinski definition) is 17. The van der Waals surface area contributed by atoms with E-state index in [9.17, 15) is 84.2 Å². The van der Waals surface area contributed by atoms with Crippen LogP contribution in [0.1, 0.15) is 53.7 Å². The van der Waals surface area contributed by atoms with E-state index in [4.69, 9.17) is 9.52 Å². The Morgan fingerprint density at radius 3 is 1.09 bits per heavy atom. The topological polar surface area (TPSA) is 306 Å². The predicted octanol–water partition coefficient (Wildman–Crippen LogP) is 20.6. The minimum Gasteiger partial charge on any atom is -0.652 e. The Morgan fingerprint density at radius 1 is 0.449 bits per heavy atom. The van der Waals surface area contributed by atoms with Gasteiger partial charge in [-0.1, -0.05) is 143 Å². The zero-order valence-corrected chi connectivity index (χ0v) is 83.9. The molecule has 0 saturated carbocycles. The molecule has 0 bridgehead atoms. The second-order valence-electron chi connectivity index (χ2n) is 26.8. The molecule has 12 aromatic heterocycles. The van der Waals surface area contributed by atoms with Crippen LogP contribution in [-0.2, 0) is 142 Å². The standard InChI is InChI=1S/C11H5F3N3O.C11H7F3N2O.4C11H6F2N.C9H5F3N3.C7H12N3.C6H9N3O.C5H8O2.5Ir/c12-11(13,14)9-5-7(16-17-9)10-15-6-3-1-2-4-8(6)18-10;12-11(13,14)10-6-7(17)5-9(16-10)8-3-1-2-4-15-8;4*12-8-4-5-9(10(13)7-8)11-3-1-2-6-14-11;10-9(11,12)8-5-7(14-15-8)6-3-1-2-4-13-6;1-6-4-7(9-8-6)5-10(2)3;1-5-3-6(9-8-5)4-7-10-2;1-4(6)3-5(2)7;;;;;/h1-5H;1-6H,(H,16,17);4*1-4,6-7H;1-5H;4H,5H2,1-3H3;3H,4H2,1-2H3;3,6H,1-2H3;;;;;/q-1;;6*-1;-2;;;;;2*+3/p-1. The average Bonchev–Trinajstić information content (AvgIpc) is 1.63. The maximum Gasteiger partial charge on any atom is 3.00 e. The molecule has 17 aromatic rings. The molecule has 0 aliphatic rings. The van der Waals surface area contributed by atoms with Crippen LogP contribution >= 0.6 is 0 Å². The monoisotopic (exact) mass is 2810 g/mol. The number of aromatic nitrogens is 16. The number of para-hydroxylation sites is 2. The van der Waals surface area contributed by atoms with E-state index in [-0.39, 0.29) is 163 Å². The fourth-order valence-corrected chi connectivity index (χ4v) is 10.3. The number of rotatable bonds is 13. The number of allylic oxidation sites excluding steroid dienone is 2. The van der Waals surface area contributed by atoms with E-state index in [2.05, 4.69) is 120 Å². The normalized spacial score (nSPS) is 10.5. The number of pyridine rings is 7. The average molecular weight is 2800 g/mol. The van der Waals surface area contributed by atoms with Gasteiger partial charge in [0.25, 0.3) is 0 Å². The first kappa shape index (κ1) is 120. The fourth-order valence-electron chi connectivity index (χ4n) is 10.3. The van der Waals surface area contributed by atoms with Crippen molar-refractivity contribution in [3.05, 3.63) is 394 Å². The quantitative estimate of drug-likeness (QED) is 0.0368. The molecule has 0 amide bonds. The number of hydroxylamine groups is 1. The SMILES string of the molecule is CC(=O)C=C(C)O.CO[N-]Cc1cc(C)n[n-]1.Cc1cc(CN(C)C)[n-]n1.FC(F)(F)c1cc(-c2ccccn2)[n-]n1.FC(F)(F)c1cc(-c2nc3ccccc3o2)[n-]n1.Fc1c[c-]c(-c2ccccn2)c(F)c1.Fc1c[c-]c(-c2ccccn2)c(F)c1.Fc1c[c-]c(-c2ccccn2)c(F)c1.Fc1c[c-]c(-c2ccccn2)c(F)c1.O=c1cc(-c2ccccn2)[n-]c(C(F)(F)F)c1.[Ir+3].[Ir+3].[Ir].[Ir].[Ir]. The van der Waals surface area contributed by atoms with Crippen LogP contribution in [0.2, 0.25) is 0 Å². The summed E-state index contributed by atoms with van der Waals surface area (Å²) in [7, 11) is 5.55. The number of fused-ring (bicyclic) bond motifs is 1. The zero-order chi connectivity index (χ0) is 96.8. The third-order valence-electron chi connectivity index (χ3n) is 15.9. The van der Waals surface area contributed by atoms with Crippen molar-refractivity contribution in [1.82, 2.24) is 85.6 Å². The maximum absolute atomic E-state index is 13.2. The van der Waals surface area contributed by atoms with Crippen molar-refractivity contribution in [3.63, 3.8) is 0 Å². The molecule has 3 radical (unpaired) electrons. The van der Waals surface area contributed by atoms with E-state index in [0.717, 1.165) is 96.1 Å². The van der Waals surface area contributed by atoms with Crippen molar-refractivity contribution in [1.29, 1.82) is 0 Å². The minimum atomic E-state index is -4.63. The number of carbonyl (C=O) groups excluding carboxylic acids is 1. The number of aryl methyl sites for hydroxylation is 2. The third kappa shape index (κ3) is 41.0. The number of halogens is 17. The molecule has 1 N–H and O–H groups in total. The number of aliphatic hydroxyl groups is 1. The molecule has 5 aromatic carbocycles. The number of nitrogens with zero attached hydrogens (tertiary/aromatic N) is 18.